The van der Waals surface area contributed by atoms with Gasteiger partial charge in [-0.2, -0.15) is 0 Å². The van der Waals surface area contributed by atoms with Gasteiger partial charge in [-0.3, -0.25) is 0 Å². The van der Waals surface area contributed by atoms with Crippen molar-refractivity contribution in [3.05, 3.63) is 58.6 Å². The molecule has 2 aromatic rings. The van der Waals surface area contributed by atoms with E-state index in [1.807, 2.05) is 36.4 Å². The van der Waals surface area contributed by atoms with Crippen molar-refractivity contribution in [2.24, 2.45) is 0 Å². The number of phenolic OH excluding ortho intramolecular Hbond substituents is 1. The molecule has 2 rings (SSSR count). The molecule has 0 fully saturated rings. The van der Waals surface area contributed by atoms with E-state index in [4.69, 9.17) is 16.3 Å². The molecule has 0 saturated heterocycles. The van der Waals surface area contributed by atoms with Crippen molar-refractivity contribution in [2.75, 3.05) is 7.11 Å². The summed E-state index contributed by atoms with van der Waals surface area (Å²) in [6.45, 7) is 2.74. The Hall–Kier alpha value is -1.71. The van der Waals surface area contributed by atoms with Gasteiger partial charge >= 0.3 is 0 Å². The van der Waals surface area contributed by atoms with Crippen molar-refractivity contribution >= 4 is 11.6 Å². The van der Waals surface area contributed by atoms with Crippen LogP contribution in [0.3, 0.4) is 0 Å². The van der Waals surface area contributed by atoms with Crippen LogP contribution in [0, 0.1) is 0 Å². The molecule has 0 amide bonds. The third kappa shape index (κ3) is 3.44. The van der Waals surface area contributed by atoms with Crippen LogP contribution in [0.5, 0.6) is 11.5 Å². The molecule has 0 aromatic heterocycles. The normalized spacial score (nSPS) is 12.2. The van der Waals surface area contributed by atoms with E-state index >= 15 is 0 Å². The van der Waals surface area contributed by atoms with E-state index in [0.717, 1.165) is 16.1 Å². The summed E-state index contributed by atoms with van der Waals surface area (Å²) >= 11 is 6.18. The van der Waals surface area contributed by atoms with Gasteiger partial charge in [-0.05, 0) is 36.2 Å². The molecule has 3 nitrogen and oxygen atoms in total. The molecule has 0 saturated carbocycles. The summed E-state index contributed by atoms with van der Waals surface area (Å²) in [5.41, 5.74) is 2.11. The van der Waals surface area contributed by atoms with Crippen molar-refractivity contribution in [1.82, 2.24) is 5.32 Å². The van der Waals surface area contributed by atoms with Crippen molar-refractivity contribution in [3.8, 4) is 11.5 Å². The van der Waals surface area contributed by atoms with Gasteiger partial charge in [0.15, 0.2) is 11.5 Å². The fourth-order valence-corrected chi connectivity index (χ4v) is 2.34. The van der Waals surface area contributed by atoms with Crippen LogP contribution in [0.1, 0.15) is 24.1 Å². The van der Waals surface area contributed by atoms with E-state index in [2.05, 4.69) is 12.2 Å². The molecule has 0 aliphatic rings. The van der Waals surface area contributed by atoms with Crippen LogP contribution in [0.2, 0.25) is 5.02 Å². The van der Waals surface area contributed by atoms with Gasteiger partial charge in [0.1, 0.15) is 0 Å². The molecule has 2 aromatic carbocycles. The second kappa shape index (κ2) is 6.64. The molecule has 0 aliphatic heterocycles. The average molecular weight is 292 g/mol. The van der Waals surface area contributed by atoms with Crippen LogP contribution in [0.4, 0.5) is 0 Å². The Bertz CT molecular complexity index is 586. The molecule has 106 valence electrons. The first-order valence-corrected chi connectivity index (χ1v) is 6.83. The van der Waals surface area contributed by atoms with E-state index in [0.29, 0.717) is 12.3 Å². The van der Waals surface area contributed by atoms with Gasteiger partial charge in [-0.15, -0.1) is 0 Å². The van der Waals surface area contributed by atoms with Crippen molar-refractivity contribution in [1.29, 1.82) is 0 Å². The number of hydrogen-bond donors (Lipinski definition) is 2. The lowest BCUT2D eigenvalue weighted by atomic mass is 10.1. The Labute approximate surface area is 124 Å². The number of phenols is 1. The fraction of sp³-hybridized carbons (Fsp3) is 0.250. The first kappa shape index (κ1) is 14.7. The van der Waals surface area contributed by atoms with Crippen molar-refractivity contribution < 1.29 is 9.84 Å². The van der Waals surface area contributed by atoms with E-state index in [1.54, 1.807) is 13.2 Å². The Morgan fingerprint density at radius 3 is 2.70 bits per heavy atom. The Morgan fingerprint density at radius 2 is 2.00 bits per heavy atom. The molecule has 0 heterocycles. The van der Waals surface area contributed by atoms with E-state index in [1.165, 1.54) is 0 Å². The Balaban J connectivity index is 2.03. The molecule has 0 bridgehead atoms. The number of ether oxygens (including phenoxy) is 1. The quantitative estimate of drug-likeness (QED) is 0.878. The lowest BCUT2D eigenvalue weighted by Gasteiger charge is -2.16. The number of aromatic hydroxyl groups is 1. The summed E-state index contributed by atoms with van der Waals surface area (Å²) in [7, 11) is 1.54. The molecule has 1 atom stereocenters. The maximum atomic E-state index is 9.56. The highest BCUT2D eigenvalue weighted by Crippen LogP contribution is 2.27. The van der Waals surface area contributed by atoms with Crippen LogP contribution < -0.4 is 10.1 Å². The minimum absolute atomic E-state index is 0.142. The SMILES string of the molecule is COc1cc(CNC(C)c2ccccc2Cl)ccc1O. The number of halogens is 1. The second-order valence-electron chi connectivity index (χ2n) is 4.63. The highest BCUT2D eigenvalue weighted by Gasteiger charge is 2.09. The summed E-state index contributed by atoms with van der Waals surface area (Å²) in [6, 6.07) is 13.3. The van der Waals surface area contributed by atoms with Gasteiger partial charge < -0.3 is 15.2 Å². The van der Waals surface area contributed by atoms with Gasteiger partial charge in [0, 0.05) is 17.6 Å². The summed E-state index contributed by atoms with van der Waals surface area (Å²) < 4.78 is 5.10. The van der Waals surface area contributed by atoms with Crippen LogP contribution >= 0.6 is 11.6 Å². The molecule has 20 heavy (non-hydrogen) atoms. The summed E-state index contributed by atoms with van der Waals surface area (Å²) in [5.74, 6) is 0.630. The summed E-state index contributed by atoms with van der Waals surface area (Å²) in [6.07, 6.45) is 0. The summed E-state index contributed by atoms with van der Waals surface area (Å²) in [4.78, 5) is 0. The predicted molar refractivity (Wildman–Crippen MR) is 81.4 cm³/mol. The lowest BCUT2D eigenvalue weighted by Crippen LogP contribution is -2.18. The van der Waals surface area contributed by atoms with Gasteiger partial charge in [0.25, 0.3) is 0 Å². The molecule has 0 aliphatic carbocycles. The zero-order valence-corrected chi connectivity index (χ0v) is 12.3. The number of hydrogen-bond acceptors (Lipinski definition) is 3. The minimum Gasteiger partial charge on any atom is -0.504 e. The highest BCUT2D eigenvalue weighted by molar-refractivity contribution is 6.31. The number of methoxy groups -OCH3 is 1. The molecule has 1 unspecified atom stereocenters. The Morgan fingerprint density at radius 1 is 1.25 bits per heavy atom. The standard InChI is InChI=1S/C16H18ClNO2/c1-11(13-5-3-4-6-14(13)17)18-10-12-7-8-15(19)16(9-12)20-2/h3-9,11,18-19H,10H2,1-2H3. The molecule has 4 heteroatoms. The molecule has 0 radical (unpaired) electrons. The molecule has 0 spiro atoms. The van der Waals surface area contributed by atoms with E-state index < -0.39 is 0 Å². The van der Waals surface area contributed by atoms with Crippen molar-refractivity contribution in [2.45, 2.75) is 19.5 Å². The van der Waals surface area contributed by atoms with Crippen LogP contribution in [-0.2, 0) is 6.54 Å². The lowest BCUT2D eigenvalue weighted by molar-refractivity contribution is 0.372. The predicted octanol–water partition coefficient (Wildman–Crippen LogP) is 3.91. The smallest absolute Gasteiger partial charge is 0.160 e. The maximum Gasteiger partial charge on any atom is 0.160 e. The number of rotatable bonds is 5. The first-order chi connectivity index (χ1) is 9.61. The third-order valence-corrected chi connectivity index (χ3v) is 3.57. The van der Waals surface area contributed by atoms with Crippen molar-refractivity contribution in [3.63, 3.8) is 0 Å². The Kier molecular flexibility index (Phi) is 4.88. The van der Waals surface area contributed by atoms with Gasteiger partial charge in [0.2, 0.25) is 0 Å². The fourth-order valence-electron chi connectivity index (χ4n) is 2.04. The van der Waals surface area contributed by atoms with Gasteiger partial charge in [-0.1, -0.05) is 35.9 Å². The van der Waals surface area contributed by atoms with Gasteiger partial charge in [0.05, 0.1) is 7.11 Å². The van der Waals surface area contributed by atoms with Crippen LogP contribution in [0.25, 0.3) is 0 Å². The zero-order valence-electron chi connectivity index (χ0n) is 11.6. The maximum absolute atomic E-state index is 9.56. The van der Waals surface area contributed by atoms with E-state index in [9.17, 15) is 5.11 Å². The zero-order chi connectivity index (χ0) is 14.5. The topological polar surface area (TPSA) is 41.5 Å². The van der Waals surface area contributed by atoms with E-state index in [-0.39, 0.29) is 11.8 Å². The number of benzene rings is 2. The largest absolute Gasteiger partial charge is 0.504 e. The molecular formula is C16H18ClNO2. The third-order valence-electron chi connectivity index (χ3n) is 3.23. The molecular weight excluding hydrogens is 274 g/mol. The average Bonchev–Trinajstić information content (AvgIpc) is 2.46. The molecule has 2 N–H and O–H groups in total. The monoisotopic (exact) mass is 291 g/mol. The summed E-state index contributed by atoms with van der Waals surface area (Å²) in [5, 5.41) is 13.7. The van der Waals surface area contributed by atoms with Gasteiger partial charge in [-0.25, -0.2) is 0 Å². The number of nitrogens with one attached hydrogen (secondary N) is 1. The first-order valence-electron chi connectivity index (χ1n) is 6.45. The minimum atomic E-state index is 0.142. The second-order valence-corrected chi connectivity index (χ2v) is 5.04. The highest BCUT2D eigenvalue weighted by atomic mass is 35.5. The van der Waals surface area contributed by atoms with Crippen LogP contribution in [-0.4, -0.2) is 12.2 Å². The van der Waals surface area contributed by atoms with Crippen LogP contribution in [0.15, 0.2) is 42.5 Å².